The lowest BCUT2D eigenvalue weighted by Gasteiger charge is -1.95. The predicted octanol–water partition coefficient (Wildman–Crippen LogP) is -1.24. The van der Waals surface area contributed by atoms with Crippen LogP contribution in [-0.4, -0.2) is 14.5 Å². The van der Waals surface area contributed by atoms with E-state index in [9.17, 15) is 10.1 Å². The molecule has 2 heterocycles. The second kappa shape index (κ2) is 5.53. The van der Waals surface area contributed by atoms with Crippen LogP contribution in [-0.2, 0) is 7.05 Å². The predicted molar refractivity (Wildman–Crippen MR) is 68.9 cm³/mol. The first kappa shape index (κ1) is 14.4. The molecule has 0 unspecified atom stereocenters. The molecule has 0 fully saturated rings. The summed E-state index contributed by atoms with van der Waals surface area (Å²) in [5, 5.41) is 10.6. The van der Waals surface area contributed by atoms with Gasteiger partial charge in [-0.2, -0.15) is 4.57 Å². The number of aryl methyl sites for hydroxylation is 1. The lowest BCUT2D eigenvalue weighted by Crippen LogP contribution is -3.00. The highest BCUT2D eigenvalue weighted by molar-refractivity contribution is 5.73. The smallest absolute Gasteiger partial charge is 0.287 e. The van der Waals surface area contributed by atoms with Gasteiger partial charge < -0.3 is 24.0 Å². The molecule has 20 heavy (non-hydrogen) atoms. The number of halogens is 1. The number of hydrogen-bond acceptors (Lipinski definition) is 3. The van der Waals surface area contributed by atoms with Gasteiger partial charge >= 0.3 is 0 Å². The molecular weight excluding hydrogens is 371 g/mol. The van der Waals surface area contributed by atoms with Gasteiger partial charge in [0.2, 0.25) is 5.82 Å². The Morgan fingerprint density at radius 1 is 1.25 bits per heavy atom. The van der Waals surface area contributed by atoms with Crippen molar-refractivity contribution >= 4 is 16.7 Å². The Hall–Kier alpha value is -2.03. The van der Waals surface area contributed by atoms with Crippen molar-refractivity contribution in [2.24, 2.45) is 7.05 Å². The standard InChI is InChI=1S/C13H11N4O2.HI/c1-15-9-16(12-5-3-2-4-11(12)15)13-7-6-10(8-14-13)17(18)19;/h2-9H,1H3;1H/q+1;/p-1. The van der Waals surface area contributed by atoms with E-state index in [1.807, 2.05) is 46.8 Å². The highest BCUT2D eigenvalue weighted by atomic mass is 127. The lowest BCUT2D eigenvalue weighted by molar-refractivity contribution is -0.645. The molecule has 0 N–H and O–H groups in total. The molecular formula is C13H11IN4O2. The van der Waals surface area contributed by atoms with E-state index in [1.165, 1.54) is 12.3 Å². The molecule has 7 heteroatoms. The minimum atomic E-state index is -0.454. The number of hydrogen-bond donors (Lipinski definition) is 0. The Balaban J connectivity index is 0.00000147. The largest absolute Gasteiger partial charge is 1.00 e. The van der Waals surface area contributed by atoms with Gasteiger partial charge in [0.25, 0.3) is 12.0 Å². The van der Waals surface area contributed by atoms with Gasteiger partial charge in [0.1, 0.15) is 6.20 Å². The monoisotopic (exact) mass is 382 g/mol. The average molecular weight is 382 g/mol. The van der Waals surface area contributed by atoms with Gasteiger partial charge in [0.15, 0.2) is 11.0 Å². The fourth-order valence-electron chi connectivity index (χ4n) is 2.08. The van der Waals surface area contributed by atoms with Gasteiger partial charge in [-0.25, -0.2) is 9.55 Å². The molecule has 0 aliphatic carbocycles. The summed E-state index contributed by atoms with van der Waals surface area (Å²) in [5.41, 5.74) is 2.07. The Labute approximate surface area is 131 Å². The Kier molecular flexibility index (Phi) is 3.98. The molecule has 0 atom stereocenters. The second-order valence-corrected chi connectivity index (χ2v) is 4.22. The summed E-state index contributed by atoms with van der Waals surface area (Å²) in [6.07, 6.45) is 3.17. The zero-order chi connectivity index (χ0) is 13.4. The van der Waals surface area contributed by atoms with Crippen LogP contribution >= 0.6 is 0 Å². The van der Waals surface area contributed by atoms with Crippen molar-refractivity contribution < 1.29 is 33.5 Å². The molecule has 1 aromatic carbocycles. The number of para-hydroxylation sites is 2. The summed E-state index contributed by atoms with van der Waals surface area (Å²) < 4.78 is 3.89. The highest BCUT2D eigenvalue weighted by Crippen LogP contribution is 2.17. The van der Waals surface area contributed by atoms with Gasteiger partial charge in [-0.3, -0.25) is 10.1 Å². The van der Waals surface area contributed by atoms with Crippen LogP contribution in [0, 0.1) is 10.1 Å². The first-order valence-electron chi connectivity index (χ1n) is 5.73. The highest BCUT2D eigenvalue weighted by Gasteiger charge is 2.16. The van der Waals surface area contributed by atoms with E-state index in [1.54, 1.807) is 6.07 Å². The van der Waals surface area contributed by atoms with Gasteiger partial charge in [0, 0.05) is 12.1 Å². The number of imidazole rings is 1. The van der Waals surface area contributed by atoms with Crippen molar-refractivity contribution in [3.63, 3.8) is 0 Å². The van der Waals surface area contributed by atoms with E-state index in [-0.39, 0.29) is 29.7 Å². The van der Waals surface area contributed by atoms with Gasteiger partial charge in [-0.1, -0.05) is 12.1 Å². The third kappa shape index (κ3) is 2.36. The van der Waals surface area contributed by atoms with E-state index in [0.29, 0.717) is 5.82 Å². The summed E-state index contributed by atoms with van der Waals surface area (Å²) in [7, 11) is 1.95. The van der Waals surface area contributed by atoms with Crippen LogP contribution in [0.3, 0.4) is 0 Å². The first-order chi connectivity index (χ1) is 9.16. The molecule has 0 bridgehead atoms. The minimum absolute atomic E-state index is 0. The molecule has 102 valence electrons. The second-order valence-electron chi connectivity index (χ2n) is 4.22. The van der Waals surface area contributed by atoms with Crippen LogP contribution in [0.2, 0.25) is 0 Å². The fourth-order valence-corrected chi connectivity index (χ4v) is 2.08. The Bertz CT molecular complexity index is 768. The molecule has 0 aliphatic rings. The summed E-state index contributed by atoms with van der Waals surface area (Å²) in [5.74, 6) is 0.655. The zero-order valence-corrected chi connectivity index (χ0v) is 12.8. The quantitative estimate of drug-likeness (QED) is 0.241. The third-order valence-corrected chi connectivity index (χ3v) is 3.00. The number of fused-ring (bicyclic) bond motifs is 1. The van der Waals surface area contributed by atoms with E-state index >= 15 is 0 Å². The van der Waals surface area contributed by atoms with Crippen LogP contribution < -0.4 is 28.5 Å². The molecule has 2 aromatic heterocycles. The summed E-state index contributed by atoms with van der Waals surface area (Å²) in [6.45, 7) is 0. The normalized spacial score (nSPS) is 10.2. The van der Waals surface area contributed by atoms with Crippen LogP contribution in [0.25, 0.3) is 16.9 Å². The maximum absolute atomic E-state index is 10.6. The van der Waals surface area contributed by atoms with Gasteiger partial charge in [-0.15, -0.1) is 0 Å². The summed E-state index contributed by atoms with van der Waals surface area (Å²) >= 11 is 0. The number of benzene rings is 1. The molecule has 0 saturated carbocycles. The number of pyridine rings is 1. The van der Waals surface area contributed by atoms with Crippen LogP contribution in [0.15, 0.2) is 48.9 Å². The van der Waals surface area contributed by atoms with E-state index < -0.39 is 4.92 Å². The number of aromatic nitrogens is 3. The van der Waals surface area contributed by atoms with Crippen molar-refractivity contribution in [1.82, 2.24) is 9.55 Å². The third-order valence-electron chi connectivity index (χ3n) is 3.00. The summed E-state index contributed by atoms with van der Waals surface area (Å²) in [6, 6.07) is 11.0. The van der Waals surface area contributed by atoms with Crippen LogP contribution in [0.1, 0.15) is 0 Å². The molecule has 6 nitrogen and oxygen atoms in total. The Morgan fingerprint density at radius 2 is 2.00 bits per heavy atom. The molecule has 0 radical (unpaired) electrons. The van der Waals surface area contributed by atoms with Crippen molar-refractivity contribution in [3.8, 4) is 5.82 Å². The fraction of sp³-hybridized carbons (Fsp3) is 0.0769. The maximum Gasteiger partial charge on any atom is 0.287 e. The van der Waals surface area contributed by atoms with Crippen LogP contribution in [0.4, 0.5) is 5.69 Å². The SMILES string of the molecule is C[n+]1cn(-c2ccc([N+](=O)[O-])cn2)c2ccccc21.[I-]. The van der Waals surface area contributed by atoms with E-state index in [2.05, 4.69) is 4.98 Å². The number of rotatable bonds is 2. The lowest BCUT2D eigenvalue weighted by atomic mass is 10.3. The first-order valence-corrected chi connectivity index (χ1v) is 5.73. The minimum Gasteiger partial charge on any atom is -1.00 e. The number of nitrogens with zero attached hydrogens (tertiary/aromatic N) is 4. The van der Waals surface area contributed by atoms with Gasteiger partial charge in [-0.05, 0) is 12.1 Å². The van der Waals surface area contributed by atoms with E-state index in [0.717, 1.165) is 11.0 Å². The number of nitro groups is 1. The molecule has 3 rings (SSSR count). The molecule has 3 aromatic rings. The topological polar surface area (TPSA) is 64.8 Å². The molecule has 0 spiro atoms. The van der Waals surface area contributed by atoms with Crippen molar-refractivity contribution in [2.75, 3.05) is 0 Å². The average Bonchev–Trinajstić information content (AvgIpc) is 2.77. The van der Waals surface area contributed by atoms with Crippen molar-refractivity contribution in [1.29, 1.82) is 0 Å². The molecule has 0 saturated heterocycles. The van der Waals surface area contributed by atoms with E-state index in [4.69, 9.17) is 0 Å². The van der Waals surface area contributed by atoms with Crippen molar-refractivity contribution in [2.45, 2.75) is 0 Å². The van der Waals surface area contributed by atoms with Crippen LogP contribution in [0.5, 0.6) is 0 Å². The molecule has 0 aliphatic heterocycles. The van der Waals surface area contributed by atoms with Gasteiger partial charge in [0.05, 0.1) is 12.0 Å². The summed E-state index contributed by atoms with van der Waals surface area (Å²) in [4.78, 5) is 14.3. The Morgan fingerprint density at radius 3 is 2.65 bits per heavy atom. The molecule has 0 amide bonds. The van der Waals surface area contributed by atoms with Crippen molar-refractivity contribution in [3.05, 3.63) is 59.0 Å². The maximum atomic E-state index is 10.6. The zero-order valence-electron chi connectivity index (χ0n) is 10.6.